The lowest BCUT2D eigenvalue weighted by molar-refractivity contribution is -0.136. The molecule has 2 N–H and O–H groups in total. The normalized spacial score (nSPS) is 10.3. The number of ether oxygens (including phenoxy) is 1. The van der Waals surface area contributed by atoms with Crippen molar-refractivity contribution in [2.24, 2.45) is 5.10 Å². The highest BCUT2D eigenvalue weighted by Crippen LogP contribution is 2.16. The number of methoxy groups -OCH3 is 1. The maximum atomic E-state index is 11.8. The number of nitrogens with one attached hydrogen (secondary N) is 2. The van der Waals surface area contributed by atoms with Crippen molar-refractivity contribution in [1.29, 1.82) is 0 Å². The topological polar surface area (TPSA) is 79.8 Å². The summed E-state index contributed by atoms with van der Waals surface area (Å²) in [5.41, 5.74) is 3.41. The number of anilines is 1. The number of hydrogen-bond donors (Lipinski definition) is 2. The molecule has 118 valence electrons. The van der Waals surface area contributed by atoms with Gasteiger partial charge in [-0.15, -0.1) is 0 Å². The number of rotatable bonds is 4. The number of hydrogen-bond acceptors (Lipinski definition) is 4. The van der Waals surface area contributed by atoms with Crippen molar-refractivity contribution in [2.75, 3.05) is 12.4 Å². The predicted molar refractivity (Wildman–Crippen MR) is 91.5 cm³/mol. The summed E-state index contributed by atoms with van der Waals surface area (Å²) in [4.78, 5) is 23.5. The van der Waals surface area contributed by atoms with Crippen LogP contribution in [0, 0.1) is 0 Å². The minimum Gasteiger partial charge on any atom is -0.497 e. The molecule has 7 heteroatoms. The average molecular weight is 376 g/mol. The van der Waals surface area contributed by atoms with Gasteiger partial charge in [0.2, 0.25) is 0 Å². The number of halogens is 1. The van der Waals surface area contributed by atoms with Crippen LogP contribution in [0.25, 0.3) is 0 Å². The van der Waals surface area contributed by atoms with Gasteiger partial charge in [0, 0.05) is 21.8 Å². The third-order valence-corrected chi connectivity index (χ3v) is 3.53. The first-order valence-electron chi connectivity index (χ1n) is 6.63. The van der Waals surface area contributed by atoms with Crippen LogP contribution in [-0.4, -0.2) is 25.1 Å². The second-order valence-corrected chi connectivity index (χ2v) is 5.26. The Morgan fingerprint density at radius 2 is 1.91 bits per heavy atom. The Kier molecular flexibility index (Phi) is 5.87. The minimum atomic E-state index is -0.865. The van der Waals surface area contributed by atoms with Crippen LogP contribution in [0.1, 0.15) is 5.56 Å². The fourth-order valence-electron chi connectivity index (χ4n) is 1.68. The van der Waals surface area contributed by atoms with Gasteiger partial charge < -0.3 is 10.1 Å². The van der Waals surface area contributed by atoms with Gasteiger partial charge in [-0.3, -0.25) is 9.59 Å². The van der Waals surface area contributed by atoms with Crippen LogP contribution in [0.5, 0.6) is 5.75 Å². The number of carbonyl (C=O) groups is 2. The summed E-state index contributed by atoms with van der Waals surface area (Å²) in [7, 11) is 1.52. The Bertz CT molecular complexity index is 747. The monoisotopic (exact) mass is 375 g/mol. The van der Waals surface area contributed by atoms with Crippen LogP contribution in [-0.2, 0) is 9.59 Å². The van der Waals surface area contributed by atoms with Crippen molar-refractivity contribution >= 4 is 39.6 Å². The zero-order valence-corrected chi connectivity index (χ0v) is 13.8. The summed E-state index contributed by atoms with van der Waals surface area (Å²) >= 11 is 3.36. The Labute approximate surface area is 141 Å². The third kappa shape index (κ3) is 4.93. The Balaban J connectivity index is 1.92. The van der Waals surface area contributed by atoms with Crippen molar-refractivity contribution in [2.45, 2.75) is 0 Å². The molecule has 6 nitrogen and oxygen atoms in total. The van der Waals surface area contributed by atoms with E-state index in [1.165, 1.54) is 13.3 Å². The number of carbonyl (C=O) groups excluding carboxylic acids is 2. The Morgan fingerprint density at radius 3 is 2.65 bits per heavy atom. The second-order valence-electron chi connectivity index (χ2n) is 4.41. The largest absolute Gasteiger partial charge is 0.497 e. The number of nitrogens with zero attached hydrogens (tertiary/aromatic N) is 1. The maximum Gasteiger partial charge on any atom is 0.329 e. The smallest absolute Gasteiger partial charge is 0.329 e. The first-order chi connectivity index (χ1) is 11.1. The summed E-state index contributed by atoms with van der Waals surface area (Å²) in [5.74, 6) is -1.10. The Morgan fingerprint density at radius 1 is 1.13 bits per heavy atom. The number of amides is 2. The van der Waals surface area contributed by atoms with E-state index in [0.29, 0.717) is 11.4 Å². The average Bonchev–Trinajstić information content (AvgIpc) is 2.56. The highest BCUT2D eigenvalue weighted by Gasteiger charge is 2.13. The molecule has 0 bridgehead atoms. The van der Waals surface area contributed by atoms with E-state index in [4.69, 9.17) is 4.74 Å². The van der Waals surface area contributed by atoms with Crippen molar-refractivity contribution < 1.29 is 14.3 Å². The number of benzene rings is 2. The summed E-state index contributed by atoms with van der Waals surface area (Å²) in [5, 5.41) is 6.22. The van der Waals surface area contributed by atoms with Gasteiger partial charge in [-0.1, -0.05) is 40.2 Å². The Hall–Kier alpha value is -2.67. The molecule has 0 spiro atoms. The minimum absolute atomic E-state index is 0.458. The summed E-state index contributed by atoms with van der Waals surface area (Å²) in [6.45, 7) is 0. The van der Waals surface area contributed by atoms with Crippen molar-refractivity contribution in [3.8, 4) is 5.75 Å². The number of hydrazone groups is 1. The zero-order chi connectivity index (χ0) is 16.7. The van der Waals surface area contributed by atoms with Gasteiger partial charge in [0.15, 0.2) is 0 Å². The van der Waals surface area contributed by atoms with Crippen LogP contribution < -0.4 is 15.5 Å². The first-order valence-corrected chi connectivity index (χ1v) is 7.42. The van der Waals surface area contributed by atoms with Gasteiger partial charge in [-0.2, -0.15) is 5.10 Å². The molecule has 2 rings (SSSR count). The lowest BCUT2D eigenvalue weighted by Gasteiger charge is -2.05. The molecule has 0 aliphatic heterocycles. The van der Waals surface area contributed by atoms with E-state index in [9.17, 15) is 9.59 Å². The molecule has 2 amide bonds. The summed E-state index contributed by atoms with van der Waals surface area (Å²) in [6, 6.07) is 14.1. The molecule has 0 heterocycles. The predicted octanol–water partition coefficient (Wildman–Crippen LogP) is 2.55. The molecule has 0 saturated carbocycles. The van der Waals surface area contributed by atoms with Gasteiger partial charge in [0.1, 0.15) is 5.75 Å². The standard InChI is InChI=1S/C16H14BrN3O3/c1-23-13-7-4-6-12(9-13)19-15(21)16(22)20-18-10-11-5-2-3-8-14(11)17/h2-10H,1H3,(H,19,21)(H,20,22). The highest BCUT2D eigenvalue weighted by molar-refractivity contribution is 9.10. The van der Waals surface area contributed by atoms with Crippen molar-refractivity contribution in [3.05, 3.63) is 58.6 Å². The molecule has 2 aromatic carbocycles. The lowest BCUT2D eigenvalue weighted by Crippen LogP contribution is -2.32. The van der Waals surface area contributed by atoms with Crippen molar-refractivity contribution in [3.63, 3.8) is 0 Å². The van der Waals surface area contributed by atoms with Crippen LogP contribution in [0.3, 0.4) is 0 Å². The molecule has 0 radical (unpaired) electrons. The zero-order valence-electron chi connectivity index (χ0n) is 12.2. The SMILES string of the molecule is COc1cccc(NC(=O)C(=O)NN=Cc2ccccc2Br)c1. The molecule has 0 saturated heterocycles. The lowest BCUT2D eigenvalue weighted by atomic mass is 10.2. The maximum absolute atomic E-state index is 11.8. The molecule has 0 aliphatic carbocycles. The van der Waals surface area contributed by atoms with Crippen LogP contribution in [0.15, 0.2) is 58.1 Å². The molecular weight excluding hydrogens is 362 g/mol. The van der Waals surface area contributed by atoms with Gasteiger partial charge in [-0.25, -0.2) is 5.43 Å². The first kappa shape index (κ1) is 16.7. The van der Waals surface area contributed by atoms with Gasteiger partial charge in [0.25, 0.3) is 0 Å². The van der Waals surface area contributed by atoms with E-state index in [1.54, 1.807) is 24.3 Å². The molecule has 0 atom stereocenters. The molecule has 0 fully saturated rings. The molecule has 2 aromatic rings. The molecule has 0 unspecified atom stereocenters. The highest BCUT2D eigenvalue weighted by atomic mass is 79.9. The van der Waals surface area contributed by atoms with Gasteiger partial charge in [0.05, 0.1) is 13.3 Å². The van der Waals surface area contributed by atoms with E-state index in [0.717, 1.165) is 10.0 Å². The third-order valence-electron chi connectivity index (χ3n) is 2.81. The quantitative estimate of drug-likeness (QED) is 0.489. The van der Waals surface area contributed by atoms with E-state index < -0.39 is 11.8 Å². The summed E-state index contributed by atoms with van der Waals surface area (Å²) in [6.07, 6.45) is 1.45. The van der Waals surface area contributed by atoms with Gasteiger partial charge >= 0.3 is 11.8 Å². The van der Waals surface area contributed by atoms with E-state index in [1.807, 2.05) is 24.3 Å². The van der Waals surface area contributed by atoms with E-state index >= 15 is 0 Å². The van der Waals surface area contributed by atoms with Crippen LogP contribution in [0.4, 0.5) is 5.69 Å². The molecule has 0 aliphatic rings. The molecular formula is C16H14BrN3O3. The fourth-order valence-corrected chi connectivity index (χ4v) is 2.07. The molecule has 23 heavy (non-hydrogen) atoms. The van der Waals surface area contributed by atoms with E-state index in [-0.39, 0.29) is 0 Å². The van der Waals surface area contributed by atoms with Crippen LogP contribution in [0.2, 0.25) is 0 Å². The summed E-state index contributed by atoms with van der Waals surface area (Å²) < 4.78 is 5.87. The fraction of sp³-hybridized carbons (Fsp3) is 0.0625. The van der Waals surface area contributed by atoms with E-state index in [2.05, 4.69) is 31.8 Å². The van der Waals surface area contributed by atoms with Crippen molar-refractivity contribution in [1.82, 2.24) is 5.43 Å². The van der Waals surface area contributed by atoms with Gasteiger partial charge in [-0.05, 0) is 18.2 Å². The molecule has 0 aromatic heterocycles. The second kappa shape index (κ2) is 8.09. The van der Waals surface area contributed by atoms with Crippen LogP contribution >= 0.6 is 15.9 Å².